The number of thiophene rings is 1. The van der Waals surface area contributed by atoms with Gasteiger partial charge in [-0.15, -0.1) is 11.3 Å². The molecule has 1 aliphatic rings. The number of carbonyl (C=O) groups excluding carboxylic acids is 1. The van der Waals surface area contributed by atoms with Crippen LogP contribution in [0, 0.1) is 0 Å². The number of carbonyl (C=O) groups is 1. The molecular formula is C14H23N3O3S2. The predicted octanol–water partition coefficient (Wildman–Crippen LogP) is 0.720. The second-order valence-electron chi connectivity index (χ2n) is 5.65. The van der Waals surface area contributed by atoms with Gasteiger partial charge in [0.1, 0.15) is 0 Å². The fraction of sp³-hybridized carbons (Fsp3) is 0.643. The van der Waals surface area contributed by atoms with E-state index in [0.717, 1.165) is 32.3 Å². The minimum atomic E-state index is -3.37. The SMILES string of the molecule is C[C@@H](NS(C)(=O)=O)C(=O)N1CCCN(Cc2cccs2)CC1. The zero-order chi connectivity index (χ0) is 16.2. The molecule has 8 heteroatoms. The highest BCUT2D eigenvalue weighted by atomic mass is 32.2. The molecule has 0 spiro atoms. The second-order valence-corrected chi connectivity index (χ2v) is 8.46. The van der Waals surface area contributed by atoms with Crippen molar-refractivity contribution in [2.75, 3.05) is 32.4 Å². The van der Waals surface area contributed by atoms with E-state index < -0.39 is 16.1 Å². The van der Waals surface area contributed by atoms with Crippen molar-refractivity contribution in [2.45, 2.75) is 25.9 Å². The van der Waals surface area contributed by atoms with Crippen LogP contribution in [0.4, 0.5) is 0 Å². The summed E-state index contributed by atoms with van der Waals surface area (Å²) in [6.07, 6.45) is 1.98. The van der Waals surface area contributed by atoms with E-state index >= 15 is 0 Å². The summed E-state index contributed by atoms with van der Waals surface area (Å²) in [5.74, 6) is -0.150. The third-order valence-electron chi connectivity index (χ3n) is 3.62. The molecule has 2 heterocycles. The summed E-state index contributed by atoms with van der Waals surface area (Å²) in [5.41, 5.74) is 0. The van der Waals surface area contributed by atoms with Crippen LogP contribution in [-0.2, 0) is 21.4 Å². The number of sulfonamides is 1. The summed E-state index contributed by atoms with van der Waals surface area (Å²) in [7, 11) is -3.37. The maximum Gasteiger partial charge on any atom is 0.240 e. The maximum atomic E-state index is 12.3. The number of hydrogen-bond donors (Lipinski definition) is 1. The first-order valence-corrected chi connectivity index (χ1v) is 10.1. The van der Waals surface area contributed by atoms with E-state index in [4.69, 9.17) is 0 Å². The number of nitrogens with zero attached hydrogens (tertiary/aromatic N) is 2. The van der Waals surface area contributed by atoms with Crippen molar-refractivity contribution < 1.29 is 13.2 Å². The zero-order valence-corrected chi connectivity index (χ0v) is 14.6. The predicted molar refractivity (Wildman–Crippen MR) is 88.2 cm³/mol. The first-order valence-electron chi connectivity index (χ1n) is 7.36. The molecule has 124 valence electrons. The fourth-order valence-electron chi connectivity index (χ4n) is 2.62. The molecule has 22 heavy (non-hydrogen) atoms. The summed E-state index contributed by atoms with van der Waals surface area (Å²) in [6.45, 7) is 5.59. The Bertz CT molecular complexity index is 586. The molecule has 0 aliphatic carbocycles. The number of nitrogens with one attached hydrogen (secondary N) is 1. The largest absolute Gasteiger partial charge is 0.340 e. The zero-order valence-electron chi connectivity index (χ0n) is 13.0. The minimum Gasteiger partial charge on any atom is -0.340 e. The molecule has 0 bridgehead atoms. The van der Waals surface area contributed by atoms with Crippen LogP contribution in [-0.4, -0.2) is 62.6 Å². The quantitative estimate of drug-likeness (QED) is 0.854. The van der Waals surface area contributed by atoms with Crippen LogP contribution >= 0.6 is 11.3 Å². The number of hydrogen-bond acceptors (Lipinski definition) is 5. The van der Waals surface area contributed by atoms with Crippen LogP contribution in [0.3, 0.4) is 0 Å². The van der Waals surface area contributed by atoms with Crippen molar-refractivity contribution in [3.05, 3.63) is 22.4 Å². The Hall–Kier alpha value is -0.960. The summed E-state index contributed by atoms with van der Waals surface area (Å²) in [6, 6.07) is 3.46. The monoisotopic (exact) mass is 345 g/mol. The van der Waals surface area contributed by atoms with Gasteiger partial charge in [0.2, 0.25) is 15.9 Å². The van der Waals surface area contributed by atoms with Gasteiger partial charge in [-0.2, -0.15) is 0 Å². The average Bonchev–Trinajstić information content (AvgIpc) is 2.81. The van der Waals surface area contributed by atoms with Gasteiger partial charge in [-0.3, -0.25) is 9.69 Å². The van der Waals surface area contributed by atoms with E-state index in [9.17, 15) is 13.2 Å². The van der Waals surface area contributed by atoms with Gasteiger partial charge in [-0.1, -0.05) is 6.07 Å². The van der Waals surface area contributed by atoms with Crippen LogP contribution in [0.5, 0.6) is 0 Å². The Balaban J connectivity index is 1.88. The standard InChI is InChI=1S/C14H23N3O3S2/c1-12(15-22(2,19)20)14(18)17-7-4-6-16(8-9-17)11-13-5-3-10-21-13/h3,5,10,12,15H,4,6-9,11H2,1-2H3/t12-/m1/s1. The molecule has 1 atom stereocenters. The van der Waals surface area contributed by atoms with Crippen molar-refractivity contribution in [1.29, 1.82) is 0 Å². The van der Waals surface area contributed by atoms with Crippen LogP contribution < -0.4 is 4.72 Å². The topological polar surface area (TPSA) is 69.7 Å². The molecule has 1 aliphatic heterocycles. The highest BCUT2D eigenvalue weighted by molar-refractivity contribution is 7.88. The van der Waals surface area contributed by atoms with E-state index in [0.29, 0.717) is 13.1 Å². The van der Waals surface area contributed by atoms with Crippen molar-refractivity contribution >= 4 is 27.3 Å². The fourth-order valence-corrected chi connectivity index (χ4v) is 4.11. The van der Waals surface area contributed by atoms with Gasteiger partial charge in [0.25, 0.3) is 0 Å². The van der Waals surface area contributed by atoms with Gasteiger partial charge in [-0.05, 0) is 24.8 Å². The lowest BCUT2D eigenvalue weighted by Crippen LogP contribution is -2.47. The Morgan fingerprint density at radius 2 is 2.14 bits per heavy atom. The highest BCUT2D eigenvalue weighted by Crippen LogP contribution is 2.14. The number of amides is 1. The van der Waals surface area contributed by atoms with Crippen molar-refractivity contribution in [3.63, 3.8) is 0 Å². The third kappa shape index (κ3) is 5.35. The normalized spacial score (nSPS) is 18.9. The summed E-state index contributed by atoms with van der Waals surface area (Å²) in [5, 5.41) is 2.07. The van der Waals surface area contributed by atoms with Crippen molar-refractivity contribution in [3.8, 4) is 0 Å². The lowest BCUT2D eigenvalue weighted by Gasteiger charge is -2.24. The van der Waals surface area contributed by atoms with E-state index in [-0.39, 0.29) is 5.91 Å². The van der Waals surface area contributed by atoms with Crippen LogP contribution in [0.1, 0.15) is 18.2 Å². The second kappa shape index (κ2) is 7.54. The van der Waals surface area contributed by atoms with Crippen LogP contribution in [0.2, 0.25) is 0 Å². The molecule has 1 fully saturated rings. The summed E-state index contributed by atoms with van der Waals surface area (Å²) in [4.78, 5) is 17.8. The molecule has 1 aromatic rings. The molecular weight excluding hydrogens is 322 g/mol. The smallest absolute Gasteiger partial charge is 0.240 e. The maximum absolute atomic E-state index is 12.3. The van der Waals surface area contributed by atoms with Crippen LogP contribution in [0.15, 0.2) is 17.5 Å². The van der Waals surface area contributed by atoms with E-state index in [1.165, 1.54) is 4.88 Å². The molecule has 2 rings (SSSR count). The van der Waals surface area contributed by atoms with Crippen molar-refractivity contribution in [2.24, 2.45) is 0 Å². The molecule has 6 nitrogen and oxygen atoms in total. The van der Waals surface area contributed by atoms with Gasteiger partial charge >= 0.3 is 0 Å². The molecule has 0 aromatic carbocycles. The molecule has 0 unspecified atom stereocenters. The molecule has 0 saturated carbocycles. The lowest BCUT2D eigenvalue weighted by atomic mass is 10.3. The highest BCUT2D eigenvalue weighted by Gasteiger charge is 2.25. The first kappa shape index (κ1) is 17.4. The average molecular weight is 345 g/mol. The lowest BCUT2D eigenvalue weighted by molar-refractivity contribution is -0.132. The van der Waals surface area contributed by atoms with Gasteiger partial charge in [0.15, 0.2) is 0 Å². The first-order chi connectivity index (χ1) is 10.3. The molecule has 1 saturated heterocycles. The molecule has 0 radical (unpaired) electrons. The van der Waals surface area contributed by atoms with Gasteiger partial charge in [0.05, 0.1) is 12.3 Å². The molecule has 1 N–H and O–H groups in total. The Kier molecular flexibility index (Phi) is 5.96. The van der Waals surface area contributed by atoms with Gasteiger partial charge in [-0.25, -0.2) is 13.1 Å². The van der Waals surface area contributed by atoms with E-state index in [1.54, 1.807) is 23.2 Å². The van der Waals surface area contributed by atoms with Crippen molar-refractivity contribution in [1.82, 2.24) is 14.5 Å². The van der Waals surface area contributed by atoms with E-state index in [1.807, 2.05) is 6.07 Å². The number of rotatable bonds is 5. The summed E-state index contributed by atoms with van der Waals surface area (Å²) < 4.78 is 24.8. The molecule has 1 amide bonds. The summed E-state index contributed by atoms with van der Waals surface area (Å²) >= 11 is 1.74. The van der Waals surface area contributed by atoms with E-state index in [2.05, 4.69) is 21.1 Å². The Morgan fingerprint density at radius 3 is 2.77 bits per heavy atom. The van der Waals surface area contributed by atoms with Crippen LogP contribution in [0.25, 0.3) is 0 Å². The minimum absolute atomic E-state index is 0.150. The molecule has 1 aromatic heterocycles. The van der Waals surface area contributed by atoms with Gasteiger partial charge in [0, 0.05) is 37.6 Å². The Labute approximate surface area is 136 Å². The Morgan fingerprint density at radius 1 is 1.36 bits per heavy atom. The third-order valence-corrected chi connectivity index (χ3v) is 5.26. The van der Waals surface area contributed by atoms with Gasteiger partial charge < -0.3 is 4.90 Å².